The Hall–Kier alpha value is -0.890. The number of aromatic nitrogens is 3. The molecule has 1 aliphatic heterocycles. The van der Waals surface area contributed by atoms with Gasteiger partial charge in [-0.15, -0.1) is 10.2 Å². The van der Waals surface area contributed by atoms with Crippen molar-refractivity contribution < 1.29 is 9.90 Å². The molecule has 1 atom stereocenters. The van der Waals surface area contributed by atoms with Crippen LogP contribution in [0, 0.1) is 0 Å². The summed E-state index contributed by atoms with van der Waals surface area (Å²) in [4.78, 5) is 10.6. The molecule has 1 fully saturated rings. The number of thioether (sulfide) groups is 2. The van der Waals surface area contributed by atoms with Crippen LogP contribution in [0.2, 0.25) is 0 Å². The van der Waals surface area contributed by atoms with Gasteiger partial charge in [-0.3, -0.25) is 9.36 Å². The molecule has 0 aromatic carbocycles. The zero-order valence-electron chi connectivity index (χ0n) is 9.91. The lowest BCUT2D eigenvalue weighted by Crippen LogP contribution is -2.19. The molecule has 0 bridgehead atoms. The van der Waals surface area contributed by atoms with Gasteiger partial charge in [0.25, 0.3) is 0 Å². The molecule has 0 radical (unpaired) electrons. The summed E-state index contributed by atoms with van der Waals surface area (Å²) >= 11 is 3.11. The standard InChI is InChI=1S/C10H16N4O2S2/c11-9-12-13-10(18-6-8(15)16)14(9)5-7-3-1-2-4-17-7/h7H,1-6H2,(H2,11,12)(H,15,16). The molecular weight excluding hydrogens is 272 g/mol. The molecule has 6 nitrogen and oxygen atoms in total. The average Bonchev–Trinajstić information content (AvgIpc) is 2.70. The lowest BCUT2D eigenvalue weighted by Gasteiger charge is -2.22. The van der Waals surface area contributed by atoms with Gasteiger partial charge < -0.3 is 10.8 Å². The first-order valence-corrected chi connectivity index (χ1v) is 7.85. The van der Waals surface area contributed by atoms with Gasteiger partial charge in [-0.25, -0.2) is 0 Å². The maximum Gasteiger partial charge on any atom is 0.313 e. The van der Waals surface area contributed by atoms with Crippen molar-refractivity contribution in [1.82, 2.24) is 14.8 Å². The molecule has 1 aromatic rings. The van der Waals surface area contributed by atoms with Gasteiger partial charge in [-0.1, -0.05) is 18.2 Å². The second-order valence-electron chi connectivity index (χ2n) is 4.12. The molecule has 3 N–H and O–H groups in total. The summed E-state index contributed by atoms with van der Waals surface area (Å²) in [5, 5.41) is 17.6. The summed E-state index contributed by atoms with van der Waals surface area (Å²) in [5.41, 5.74) is 5.78. The summed E-state index contributed by atoms with van der Waals surface area (Å²) < 4.78 is 1.83. The van der Waals surface area contributed by atoms with Crippen LogP contribution in [-0.4, -0.2) is 42.6 Å². The van der Waals surface area contributed by atoms with E-state index in [0.29, 0.717) is 16.4 Å². The summed E-state index contributed by atoms with van der Waals surface area (Å²) in [6, 6.07) is 0. The molecule has 2 rings (SSSR count). The highest BCUT2D eigenvalue weighted by Gasteiger charge is 2.19. The SMILES string of the molecule is Nc1nnc(SCC(=O)O)n1CC1CCCCS1. The van der Waals surface area contributed by atoms with Crippen molar-refractivity contribution in [2.75, 3.05) is 17.2 Å². The van der Waals surface area contributed by atoms with E-state index in [9.17, 15) is 4.79 Å². The van der Waals surface area contributed by atoms with Gasteiger partial charge in [0.05, 0.1) is 5.75 Å². The Balaban J connectivity index is 2.01. The van der Waals surface area contributed by atoms with E-state index in [2.05, 4.69) is 10.2 Å². The van der Waals surface area contributed by atoms with Crippen LogP contribution in [0.25, 0.3) is 0 Å². The Labute approximate surface area is 114 Å². The number of nitrogens with two attached hydrogens (primary N) is 1. The maximum atomic E-state index is 10.6. The fraction of sp³-hybridized carbons (Fsp3) is 0.700. The lowest BCUT2D eigenvalue weighted by molar-refractivity contribution is -0.133. The Kier molecular flexibility index (Phi) is 4.76. The van der Waals surface area contributed by atoms with Crippen LogP contribution in [0.15, 0.2) is 5.16 Å². The molecular formula is C10H16N4O2S2. The van der Waals surface area contributed by atoms with Crippen molar-refractivity contribution in [3.8, 4) is 0 Å². The Morgan fingerprint density at radius 3 is 3.06 bits per heavy atom. The lowest BCUT2D eigenvalue weighted by atomic mass is 10.2. The molecule has 0 spiro atoms. The third-order valence-electron chi connectivity index (χ3n) is 2.73. The van der Waals surface area contributed by atoms with Crippen LogP contribution >= 0.6 is 23.5 Å². The van der Waals surface area contributed by atoms with Crippen molar-refractivity contribution in [3.63, 3.8) is 0 Å². The second kappa shape index (κ2) is 6.33. The average molecular weight is 288 g/mol. The van der Waals surface area contributed by atoms with E-state index in [1.807, 2.05) is 16.3 Å². The first kappa shape index (κ1) is 13.5. The fourth-order valence-electron chi connectivity index (χ4n) is 1.86. The van der Waals surface area contributed by atoms with E-state index in [0.717, 1.165) is 6.54 Å². The third-order valence-corrected chi connectivity index (χ3v) is 5.06. The van der Waals surface area contributed by atoms with Gasteiger partial charge in [0.15, 0.2) is 5.16 Å². The summed E-state index contributed by atoms with van der Waals surface area (Å²) in [5.74, 6) is 0.675. The van der Waals surface area contributed by atoms with Crippen molar-refractivity contribution in [3.05, 3.63) is 0 Å². The largest absolute Gasteiger partial charge is 0.481 e. The van der Waals surface area contributed by atoms with Gasteiger partial charge >= 0.3 is 5.97 Å². The number of hydrogen-bond donors (Lipinski definition) is 2. The quantitative estimate of drug-likeness (QED) is 0.789. The Morgan fingerprint density at radius 1 is 1.56 bits per heavy atom. The first-order valence-electron chi connectivity index (χ1n) is 5.81. The van der Waals surface area contributed by atoms with E-state index < -0.39 is 5.97 Å². The van der Waals surface area contributed by atoms with Crippen LogP contribution in [0.5, 0.6) is 0 Å². The minimum Gasteiger partial charge on any atom is -0.481 e. The highest BCUT2D eigenvalue weighted by atomic mass is 32.2. The highest BCUT2D eigenvalue weighted by molar-refractivity contribution is 8.00. The van der Waals surface area contributed by atoms with Crippen LogP contribution in [0.3, 0.4) is 0 Å². The van der Waals surface area contributed by atoms with Gasteiger partial charge in [0.1, 0.15) is 0 Å². The number of nitrogen functional groups attached to an aromatic ring is 1. The topological polar surface area (TPSA) is 94.0 Å². The smallest absolute Gasteiger partial charge is 0.313 e. The number of carboxylic acids is 1. The predicted octanol–water partition coefficient (Wildman–Crippen LogP) is 1.32. The Morgan fingerprint density at radius 2 is 2.39 bits per heavy atom. The second-order valence-corrected chi connectivity index (χ2v) is 6.47. The number of rotatable bonds is 5. The van der Waals surface area contributed by atoms with Crippen LogP contribution < -0.4 is 5.73 Å². The summed E-state index contributed by atoms with van der Waals surface area (Å²) in [6.45, 7) is 0.769. The van der Waals surface area contributed by atoms with Crippen LogP contribution in [0.4, 0.5) is 5.95 Å². The number of anilines is 1. The van der Waals surface area contributed by atoms with Crippen molar-refractivity contribution in [2.24, 2.45) is 0 Å². The van der Waals surface area contributed by atoms with Crippen molar-refractivity contribution >= 4 is 35.4 Å². The number of aliphatic carboxylic acids is 1. The normalized spacial score (nSPS) is 19.9. The Bertz CT molecular complexity index is 418. The number of hydrogen-bond acceptors (Lipinski definition) is 6. The molecule has 1 unspecified atom stereocenters. The van der Waals surface area contributed by atoms with E-state index >= 15 is 0 Å². The molecule has 0 saturated carbocycles. The van der Waals surface area contributed by atoms with E-state index in [1.54, 1.807) is 0 Å². The molecule has 18 heavy (non-hydrogen) atoms. The van der Waals surface area contributed by atoms with Crippen molar-refractivity contribution in [2.45, 2.75) is 36.2 Å². The molecule has 100 valence electrons. The predicted molar refractivity (Wildman–Crippen MR) is 72.9 cm³/mol. The summed E-state index contributed by atoms with van der Waals surface area (Å²) in [7, 11) is 0. The number of carboxylic acid groups (broad SMARTS) is 1. The fourth-order valence-corrected chi connectivity index (χ4v) is 3.83. The monoisotopic (exact) mass is 288 g/mol. The number of nitrogens with zero attached hydrogens (tertiary/aromatic N) is 3. The molecule has 1 aromatic heterocycles. The molecule has 8 heteroatoms. The molecule has 0 aliphatic carbocycles. The molecule has 0 amide bonds. The van der Waals surface area contributed by atoms with Gasteiger partial charge in [-0.05, 0) is 18.6 Å². The molecule has 1 saturated heterocycles. The van der Waals surface area contributed by atoms with Gasteiger partial charge in [0, 0.05) is 11.8 Å². The van der Waals surface area contributed by atoms with Crippen LogP contribution in [-0.2, 0) is 11.3 Å². The van der Waals surface area contributed by atoms with Crippen molar-refractivity contribution in [1.29, 1.82) is 0 Å². The van der Waals surface area contributed by atoms with E-state index in [4.69, 9.17) is 10.8 Å². The minimum atomic E-state index is -0.861. The third kappa shape index (κ3) is 3.55. The maximum absolute atomic E-state index is 10.6. The van der Waals surface area contributed by atoms with E-state index in [-0.39, 0.29) is 5.75 Å². The first-order chi connectivity index (χ1) is 8.66. The van der Waals surface area contributed by atoms with Crippen LogP contribution in [0.1, 0.15) is 19.3 Å². The van der Waals surface area contributed by atoms with E-state index in [1.165, 1.54) is 36.8 Å². The number of carbonyl (C=O) groups is 1. The minimum absolute atomic E-state index is 0.0179. The highest BCUT2D eigenvalue weighted by Crippen LogP contribution is 2.28. The molecule has 2 heterocycles. The van der Waals surface area contributed by atoms with Gasteiger partial charge in [0.2, 0.25) is 5.95 Å². The summed E-state index contributed by atoms with van der Waals surface area (Å²) in [6.07, 6.45) is 3.70. The van der Waals surface area contributed by atoms with Gasteiger partial charge in [-0.2, -0.15) is 11.8 Å². The zero-order chi connectivity index (χ0) is 13.0. The zero-order valence-corrected chi connectivity index (χ0v) is 11.5. The molecule has 1 aliphatic rings.